The smallest absolute Gasteiger partial charge is 0.140 e. The van der Waals surface area contributed by atoms with Gasteiger partial charge in [0.25, 0.3) is 0 Å². The fraction of sp³-hybridized carbons (Fsp3) is 0.381. The molecule has 1 fully saturated rings. The molecule has 1 saturated heterocycles. The zero-order valence-electron chi connectivity index (χ0n) is 15.7. The van der Waals surface area contributed by atoms with E-state index < -0.39 is 0 Å². The summed E-state index contributed by atoms with van der Waals surface area (Å²) in [7, 11) is 0. The zero-order chi connectivity index (χ0) is 18.1. The molecule has 1 aliphatic heterocycles. The molecule has 0 spiro atoms. The van der Waals surface area contributed by atoms with Gasteiger partial charge in [-0.2, -0.15) is 0 Å². The van der Waals surface area contributed by atoms with E-state index in [1.54, 1.807) is 6.33 Å². The van der Waals surface area contributed by atoms with Crippen LogP contribution in [-0.2, 0) is 0 Å². The number of benzene rings is 1. The van der Waals surface area contributed by atoms with Gasteiger partial charge in [-0.05, 0) is 42.2 Å². The molecule has 5 heteroatoms. The molecule has 0 amide bonds. The molecule has 0 radical (unpaired) electrons. The van der Waals surface area contributed by atoms with Gasteiger partial charge >= 0.3 is 0 Å². The summed E-state index contributed by atoms with van der Waals surface area (Å²) in [6.45, 7) is 10.4. The van der Waals surface area contributed by atoms with Gasteiger partial charge in [0.05, 0.1) is 17.4 Å². The van der Waals surface area contributed by atoms with E-state index >= 15 is 0 Å². The molecule has 3 aromatic rings. The fourth-order valence-electron chi connectivity index (χ4n) is 3.62. The Morgan fingerprint density at radius 2 is 1.73 bits per heavy atom. The van der Waals surface area contributed by atoms with Crippen LogP contribution in [0.2, 0.25) is 0 Å². The number of hydrogen-bond acceptors (Lipinski definition) is 5. The standard InChI is InChI=1S/C21H25N5/c1-15(2)17-4-5-19-18(12-17)21(24-14-23-19)26-10-8-25(9-11-26)20-13-22-7-6-16(20)3/h4-7,12-15H,8-11H2,1-3H3. The lowest BCUT2D eigenvalue weighted by Crippen LogP contribution is -2.47. The number of pyridine rings is 1. The average Bonchev–Trinajstić information content (AvgIpc) is 2.67. The molecule has 0 N–H and O–H groups in total. The van der Waals surface area contributed by atoms with Gasteiger partial charge in [0, 0.05) is 37.8 Å². The molecule has 26 heavy (non-hydrogen) atoms. The number of anilines is 2. The SMILES string of the molecule is Cc1ccncc1N1CCN(c2ncnc3ccc(C(C)C)cc23)CC1. The van der Waals surface area contributed by atoms with E-state index in [1.807, 2.05) is 12.4 Å². The summed E-state index contributed by atoms with van der Waals surface area (Å²) in [6, 6.07) is 8.62. The summed E-state index contributed by atoms with van der Waals surface area (Å²) in [5.41, 5.74) is 4.87. The molecule has 0 saturated carbocycles. The highest BCUT2D eigenvalue weighted by Crippen LogP contribution is 2.28. The first-order valence-electron chi connectivity index (χ1n) is 9.28. The second-order valence-corrected chi connectivity index (χ2v) is 7.26. The molecule has 2 aromatic heterocycles. The van der Waals surface area contributed by atoms with Gasteiger partial charge in [-0.1, -0.05) is 19.9 Å². The van der Waals surface area contributed by atoms with Crippen LogP contribution in [0.4, 0.5) is 11.5 Å². The van der Waals surface area contributed by atoms with E-state index in [2.05, 4.69) is 69.8 Å². The van der Waals surface area contributed by atoms with Gasteiger partial charge in [0.2, 0.25) is 0 Å². The van der Waals surface area contributed by atoms with Crippen LogP contribution >= 0.6 is 0 Å². The molecule has 5 nitrogen and oxygen atoms in total. The highest BCUT2D eigenvalue weighted by molar-refractivity contribution is 5.90. The topological polar surface area (TPSA) is 45.2 Å². The summed E-state index contributed by atoms with van der Waals surface area (Å²) in [5.74, 6) is 1.55. The first-order valence-corrected chi connectivity index (χ1v) is 9.28. The first-order chi connectivity index (χ1) is 12.6. The fourth-order valence-corrected chi connectivity index (χ4v) is 3.62. The Kier molecular flexibility index (Phi) is 4.45. The van der Waals surface area contributed by atoms with Gasteiger partial charge in [-0.3, -0.25) is 4.98 Å². The lowest BCUT2D eigenvalue weighted by Gasteiger charge is -2.37. The highest BCUT2D eigenvalue weighted by Gasteiger charge is 2.21. The minimum atomic E-state index is 0.498. The third kappa shape index (κ3) is 3.09. The lowest BCUT2D eigenvalue weighted by atomic mass is 10.0. The summed E-state index contributed by atoms with van der Waals surface area (Å²) >= 11 is 0. The summed E-state index contributed by atoms with van der Waals surface area (Å²) in [4.78, 5) is 18.2. The minimum absolute atomic E-state index is 0.498. The Bertz CT molecular complexity index is 913. The number of rotatable bonds is 3. The van der Waals surface area contributed by atoms with Crippen molar-refractivity contribution in [1.82, 2.24) is 15.0 Å². The molecular weight excluding hydrogens is 322 g/mol. The third-order valence-electron chi connectivity index (χ3n) is 5.24. The summed E-state index contributed by atoms with van der Waals surface area (Å²) in [6.07, 6.45) is 5.51. The Morgan fingerprint density at radius 3 is 2.46 bits per heavy atom. The number of fused-ring (bicyclic) bond motifs is 1. The maximum atomic E-state index is 4.63. The lowest BCUT2D eigenvalue weighted by molar-refractivity contribution is 0.647. The van der Waals surface area contributed by atoms with Crippen molar-refractivity contribution in [3.8, 4) is 0 Å². The zero-order valence-corrected chi connectivity index (χ0v) is 15.7. The van der Waals surface area contributed by atoms with Gasteiger partial charge in [0.1, 0.15) is 12.1 Å². The molecule has 1 aromatic carbocycles. The van der Waals surface area contributed by atoms with E-state index in [0.29, 0.717) is 5.92 Å². The molecule has 0 atom stereocenters. The van der Waals surface area contributed by atoms with E-state index in [-0.39, 0.29) is 0 Å². The van der Waals surface area contributed by atoms with E-state index in [9.17, 15) is 0 Å². The quantitative estimate of drug-likeness (QED) is 0.721. The van der Waals surface area contributed by atoms with Crippen LogP contribution in [0.3, 0.4) is 0 Å². The van der Waals surface area contributed by atoms with Crippen molar-refractivity contribution < 1.29 is 0 Å². The van der Waals surface area contributed by atoms with Crippen molar-refractivity contribution >= 4 is 22.4 Å². The number of nitrogens with zero attached hydrogens (tertiary/aromatic N) is 5. The minimum Gasteiger partial charge on any atom is -0.367 e. The van der Waals surface area contributed by atoms with Crippen LogP contribution < -0.4 is 9.80 Å². The Labute approximate surface area is 154 Å². The van der Waals surface area contributed by atoms with Crippen LogP contribution in [0.1, 0.15) is 30.9 Å². The number of piperazine rings is 1. The second kappa shape index (κ2) is 6.90. The maximum Gasteiger partial charge on any atom is 0.140 e. The van der Waals surface area contributed by atoms with Gasteiger partial charge < -0.3 is 9.80 Å². The molecular formula is C21H25N5. The molecule has 3 heterocycles. The van der Waals surface area contributed by atoms with Crippen LogP contribution in [0, 0.1) is 6.92 Å². The molecule has 4 rings (SSSR count). The first kappa shape index (κ1) is 16.8. The Morgan fingerprint density at radius 1 is 0.962 bits per heavy atom. The van der Waals surface area contributed by atoms with Crippen LogP contribution in [0.5, 0.6) is 0 Å². The van der Waals surface area contributed by atoms with Crippen molar-refractivity contribution in [2.24, 2.45) is 0 Å². The summed E-state index contributed by atoms with van der Waals surface area (Å²) < 4.78 is 0. The van der Waals surface area contributed by atoms with E-state index in [4.69, 9.17) is 0 Å². The van der Waals surface area contributed by atoms with Crippen molar-refractivity contribution in [2.75, 3.05) is 36.0 Å². The Hall–Kier alpha value is -2.69. The maximum absolute atomic E-state index is 4.63. The van der Waals surface area contributed by atoms with Crippen molar-refractivity contribution in [3.63, 3.8) is 0 Å². The molecule has 0 unspecified atom stereocenters. The normalized spacial score (nSPS) is 15.1. The Balaban J connectivity index is 1.60. The molecule has 0 bridgehead atoms. The van der Waals surface area contributed by atoms with Crippen LogP contribution in [0.25, 0.3) is 10.9 Å². The predicted octanol–water partition coefficient (Wildman–Crippen LogP) is 3.78. The number of hydrogen-bond donors (Lipinski definition) is 0. The van der Waals surface area contributed by atoms with Gasteiger partial charge in [-0.25, -0.2) is 9.97 Å². The molecule has 0 aliphatic carbocycles. The van der Waals surface area contributed by atoms with Crippen LogP contribution in [0.15, 0.2) is 43.0 Å². The van der Waals surface area contributed by atoms with Gasteiger partial charge in [-0.15, -0.1) is 0 Å². The van der Waals surface area contributed by atoms with E-state index in [0.717, 1.165) is 42.9 Å². The third-order valence-corrected chi connectivity index (χ3v) is 5.24. The van der Waals surface area contributed by atoms with Crippen molar-refractivity contribution in [1.29, 1.82) is 0 Å². The van der Waals surface area contributed by atoms with Crippen molar-refractivity contribution in [2.45, 2.75) is 26.7 Å². The monoisotopic (exact) mass is 347 g/mol. The highest BCUT2D eigenvalue weighted by atomic mass is 15.3. The number of aryl methyl sites for hydroxylation is 1. The second-order valence-electron chi connectivity index (χ2n) is 7.26. The molecule has 134 valence electrons. The van der Waals surface area contributed by atoms with Gasteiger partial charge in [0.15, 0.2) is 0 Å². The molecule has 1 aliphatic rings. The van der Waals surface area contributed by atoms with Crippen molar-refractivity contribution in [3.05, 3.63) is 54.1 Å². The summed E-state index contributed by atoms with van der Waals surface area (Å²) in [5, 5.41) is 1.16. The largest absolute Gasteiger partial charge is 0.367 e. The van der Waals surface area contributed by atoms with Crippen LogP contribution in [-0.4, -0.2) is 41.1 Å². The average molecular weight is 347 g/mol. The predicted molar refractivity (Wildman–Crippen MR) is 107 cm³/mol. The number of aromatic nitrogens is 3. The van der Waals surface area contributed by atoms with E-state index in [1.165, 1.54) is 16.8 Å².